The molecule has 10 heteroatoms. The van der Waals surface area contributed by atoms with Gasteiger partial charge in [-0.25, -0.2) is 13.4 Å². The van der Waals surface area contributed by atoms with E-state index in [1.54, 1.807) is 36.4 Å². The number of rotatable bonds is 9. The first-order valence-electron chi connectivity index (χ1n) is 10.7. The lowest BCUT2D eigenvalue weighted by atomic mass is 9.93. The molecule has 1 saturated carbocycles. The summed E-state index contributed by atoms with van der Waals surface area (Å²) in [5.74, 6) is 0.746. The minimum absolute atomic E-state index is 0.0691. The second-order valence-corrected chi connectivity index (χ2v) is 9.36. The van der Waals surface area contributed by atoms with Gasteiger partial charge in [0, 0.05) is 24.4 Å². The van der Waals surface area contributed by atoms with Crippen LogP contribution in [0.15, 0.2) is 65.7 Å². The first-order valence-corrected chi connectivity index (χ1v) is 12.2. The molecule has 0 bridgehead atoms. The van der Waals surface area contributed by atoms with Crippen LogP contribution in [0.5, 0.6) is 23.1 Å². The lowest BCUT2D eigenvalue weighted by molar-refractivity contribution is 0.0914. The third kappa shape index (κ3) is 5.23. The maximum atomic E-state index is 13.0. The fourth-order valence-electron chi connectivity index (χ4n) is 3.40. The van der Waals surface area contributed by atoms with Crippen LogP contribution >= 0.6 is 0 Å². The van der Waals surface area contributed by atoms with Gasteiger partial charge in [-0.05, 0) is 55.7 Å². The van der Waals surface area contributed by atoms with E-state index >= 15 is 0 Å². The van der Waals surface area contributed by atoms with Crippen molar-refractivity contribution in [2.75, 3.05) is 18.9 Å². The molecule has 1 fully saturated rings. The Labute approximate surface area is 198 Å². The van der Waals surface area contributed by atoms with Crippen molar-refractivity contribution in [1.29, 1.82) is 0 Å². The molecule has 34 heavy (non-hydrogen) atoms. The van der Waals surface area contributed by atoms with E-state index in [-0.39, 0.29) is 34.2 Å². The number of anilines is 1. The summed E-state index contributed by atoms with van der Waals surface area (Å²) in [4.78, 5) is 16.8. The first-order chi connectivity index (χ1) is 16.4. The molecule has 2 N–H and O–H groups in total. The molecule has 0 radical (unpaired) electrons. The highest BCUT2D eigenvalue weighted by atomic mass is 32.2. The number of sulfonamides is 1. The molecule has 3 aromatic rings. The van der Waals surface area contributed by atoms with Gasteiger partial charge in [0.15, 0.2) is 0 Å². The molecule has 1 aliphatic rings. The predicted octanol–water partition coefficient (Wildman–Crippen LogP) is 3.97. The number of benzene rings is 2. The summed E-state index contributed by atoms with van der Waals surface area (Å²) >= 11 is 0. The number of methoxy groups -OCH3 is 2. The monoisotopic (exact) mass is 483 g/mol. The van der Waals surface area contributed by atoms with Crippen LogP contribution in [0.2, 0.25) is 0 Å². The summed E-state index contributed by atoms with van der Waals surface area (Å²) in [5, 5.41) is 2.97. The Bertz CT molecular complexity index is 1290. The van der Waals surface area contributed by atoms with Gasteiger partial charge in [-0.3, -0.25) is 9.52 Å². The molecule has 0 saturated heterocycles. The van der Waals surface area contributed by atoms with Gasteiger partial charge in [0.2, 0.25) is 5.88 Å². The third-order valence-electron chi connectivity index (χ3n) is 5.42. The van der Waals surface area contributed by atoms with E-state index in [0.717, 1.165) is 19.3 Å². The Morgan fingerprint density at radius 3 is 2.53 bits per heavy atom. The lowest BCUT2D eigenvalue weighted by Crippen LogP contribution is -2.39. The number of hydrogen-bond donors (Lipinski definition) is 2. The van der Waals surface area contributed by atoms with E-state index < -0.39 is 10.0 Å². The van der Waals surface area contributed by atoms with Gasteiger partial charge < -0.3 is 19.5 Å². The Morgan fingerprint density at radius 1 is 1.00 bits per heavy atom. The number of pyridine rings is 1. The van der Waals surface area contributed by atoms with E-state index in [9.17, 15) is 13.2 Å². The molecule has 0 spiro atoms. The molecule has 2 aromatic carbocycles. The average molecular weight is 484 g/mol. The van der Waals surface area contributed by atoms with Crippen LogP contribution in [0.25, 0.3) is 0 Å². The van der Waals surface area contributed by atoms with Gasteiger partial charge in [-0.2, -0.15) is 0 Å². The molecule has 0 aliphatic heterocycles. The number of nitrogens with one attached hydrogen (secondary N) is 2. The summed E-state index contributed by atoms with van der Waals surface area (Å²) in [6.07, 6.45) is 4.55. The zero-order valence-corrected chi connectivity index (χ0v) is 19.6. The molecule has 4 rings (SSSR count). The van der Waals surface area contributed by atoms with Gasteiger partial charge in [0.05, 0.1) is 19.9 Å². The molecule has 0 atom stereocenters. The maximum Gasteiger partial charge on any atom is 0.265 e. The maximum absolute atomic E-state index is 13.0. The topological polar surface area (TPSA) is 116 Å². The quantitative estimate of drug-likeness (QED) is 0.473. The highest BCUT2D eigenvalue weighted by molar-refractivity contribution is 7.92. The fourth-order valence-corrected chi connectivity index (χ4v) is 4.63. The van der Waals surface area contributed by atoms with Gasteiger partial charge in [0.25, 0.3) is 15.9 Å². The Balaban J connectivity index is 1.55. The van der Waals surface area contributed by atoms with Gasteiger partial charge in [-0.1, -0.05) is 6.07 Å². The van der Waals surface area contributed by atoms with E-state index in [2.05, 4.69) is 15.0 Å². The molecule has 1 aromatic heterocycles. The van der Waals surface area contributed by atoms with E-state index in [1.165, 1.54) is 38.6 Å². The molecule has 1 heterocycles. The van der Waals surface area contributed by atoms with Crippen molar-refractivity contribution in [3.05, 3.63) is 66.4 Å². The normalized spacial score (nSPS) is 13.5. The zero-order valence-electron chi connectivity index (χ0n) is 18.8. The summed E-state index contributed by atoms with van der Waals surface area (Å²) in [6.45, 7) is 0. The minimum atomic E-state index is -4.00. The summed E-state index contributed by atoms with van der Waals surface area (Å²) < 4.78 is 44.8. The van der Waals surface area contributed by atoms with Crippen LogP contribution in [0.3, 0.4) is 0 Å². The summed E-state index contributed by atoms with van der Waals surface area (Å²) in [7, 11) is -1.16. The molecular weight excluding hydrogens is 458 g/mol. The number of nitrogens with zero attached hydrogens (tertiary/aromatic N) is 1. The molecule has 1 amide bonds. The van der Waals surface area contributed by atoms with Crippen LogP contribution in [0.1, 0.15) is 29.6 Å². The molecule has 0 unspecified atom stereocenters. The van der Waals surface area contributed by atoms with Gasteiger partial charge in [0.1, 0.15) is 27.7 Å². The predicted molar refractivity (Wildman–Crippen MR) is 126 cm³/mol. The van der Waals surface area contributed by atoms with Crippen LogP contribution in [-0.4, -0.2) is 39.6 Å². The van der Waals surface area contributed by atoms with Crippen molar-refractivity contribution < 1.29 is 27.4 Å². The largest absolute Gasteiger partial charge is 0.497 e. The van der Waals surface area contributed by atoms with Gasteiger partial charge in [-0.15, -0.1) is 0 Å². The van der Waals surface area contributed by atoms with Crippen molar-refractivity contribution in [2.24, 2.45) is 0 Å². The van der Waals surface area contributed by atoms with Crippen molar-refractivity contribution in [3.63, 3.8) is 0 Å². The first kappa shape index (κ1) is 23.4. The number of aromatic nitrogens is 1. The average Bonchev–Trinajstić information content (AvgIpc) is 2.81. The molecule has 1 aliphatic carbocycles. The van der Waals surface area contributed by atoms with Gasteiger partial charge >= 0.3 is 0 Å². The van der Waals surface area contributed by atoms with Crippen molar-refractivity contribution >= 4 is 21.6 Å². The Hall–Kier alpha value is -3.79. The van der Waals surface area contributed by atoms with Crippen LogP contribution in [0, 0.1) is 0 Å². The molecule has 178 valence electrons. The fraction of sp³-hybridized carbons (Fsp3) is 0.250. The highest BCUT2D eigenvalue weighted by Gasteiger charge is 2.23. The third-order valence-corrected chi connectivity index (χ3v) is 6.82. The van der Waals surface area contributed by atoms with E-state index in [4.69, 9.17) is 14.2 Å². The van der Waals surface area contributed by atoms with E-state index in [1.807, 2.05) is 0 Å². The second kappa shape index (κ2) is 10.0. The Kier molecular flexibility index (Phi) is 6.87. The van der Waals surface area contributed by atoms with Crippen LogP contribution in [-0.2, 0) is 10.0 Å². The van der Waals surface area contributed by atoms with Crippen molar-refractivity contribution in [2.45, 2.75) is 30.2 Å². The number of carbonyl (C=O) groups is 1. The molecule has 9 nitrogen and oxygen atoms in total. The number of hydrogen-bond acceptors (Lipinski definition) is 7. The number of carbonyl (C=O) groups excluding carboxylic acids is 1. The highest BCUT2D eigenvalue weighted by Crippen LogP contribution is 2.31. The summed E-state index contributed by atoms with van der Waals surface area (Å²) in [6, 6.07) is 14.3. The zero-order chi connectivity index (χ0) is 24.1. The smallest absolute Gasteiger partial charge is 0.265 e. The SMILES string of the molecule is COc1ccc(OC)c(S(=O)(=O)Nc2cccc(Oc3ncccc3C(=O)NC3CCC3)c2)c1. The van der Waals surface area contributed by atoms with Crippen molar-refractivity contribution in [3.8, 4) is 23.1 Å². The standard InChI is InChI=1S/C24H25N3O6S/c1-31-18-11-12-21(32-2)22(15-18)34(29,30)27-17-8-4-9-19(14-17)33-24-20(10-5-13-25-24)23(28)26-16-6-3-7-16/h4-5,8-16,27H,3,6-7H2,1-2H3,(H,26,28). The Morgan fingerprint density at radius 2 is 1.82 bits per heavy atom. The second-order valence-electron chi connectivity index (χ2n) is 7.71. The van der Waals surface area contributed by atoms with Crippen LogP contribution < -0.4 is 24.2 Å². The summed E-state index contributed by atoms with van der Waals surface area (Å²) in [5.41, 5.74) is 0.570. The number of amides is 1. The van der Waals surface area contributed by atoms with Crippen LogP contribution in [0.4, 0.5) is 5.69 Å². The number of ether oxygens (including phenoxy) is 3. The minimum Gasteiger partial charge on any atom is -0.497 e. The van der Waals surface area contributed by atoms with Crippen molar-refractivity contribution in [1.82, 2.24) is 10.3 Å². The lowest BCUT2D eigenvalue weighted by Gasteiger charge is -2.26. The van der Waals surface area contributed by atoms with E-state index in [0.29, 0.717) is 17.1 Å². The molecular formula is C24H25N3O6S.